The SMILES string of the molecule is N#Cc1ccc(-c2ccc3c(c2)c2cc(-c4ccc(C#N)cc4)ccc2n3-c2ccc(-c3cc(-c4ccccc4)nc(-c4ccccc4)n3)cc2-c2nc(-c3ccccc3)nc(-c3ccccc3)n2)cc1. The first-order chi connectivity index (χ1) is 35.1. The third-order valence-electron chi connectivity index (χ3n) is 12.8. The van der Waals surface area contributed by atoms with Crippen molar-refractivity contribution in [2.45, 2.75) is 0 Å². The monoisotopic (exact) mass is 906 g/mol. The molecule has 0 unspecified atom stereocenters. The Balaban J connectivity index is 1.14. The van der Waals surface area contributed by atoms with E-state index in [9.17, 15) is 10.5 Å². The van der Waals surface area contributed by atoms with E-state index in [1.807, 2.05) is 158 Å². The average molecular weight is 907 g/mol. The summed E-state index contributed by atoms with van der Waals surface area (Å²) in [6.45, 7) is 0. The van der Waals surface area contributed by atoms with Crippen LogP contribution in [-0.2, 0) is 0 Å². The summed E-state index contributed by atoms with van der Waals surface area (Å²) in [6.07, 6.45) is 0. The molecule has 0 spiro atoms. The van der Waals surface area contributed by atoms with Crippen LogP contribution in [0.2, 0.25) is 0 Å². The maximum absolute atomic E-state index is 9.58. The predicted molar refractivity (Wildman–Crippen MR) is 283 cm³/mol. The molecule has 8 nitrogen and oxygen atoms in total. The van der Waals surface area contributed by atoms with Crippen LogP contribution in [0.3, 0.4) is 0 Å². The van der Waals surface area contributed by atoms with Crippen LogP contribution in [0.25, 0.3) is 118 Å². The lowest BCUT2D eigenvalue weighted by Crippen LogP contribution is -2.04. The minimum absolute atomic E-state index is 0.494. The molecule has 3 aromatic heterocycles. The number of hydrogen-bond acceptors (Lipinski definition) is 7. The van der Waals surface area contributed by atoms with Crippen molar-refractivity contribution in [3.05, 3.63) is 242 Å². The van der Waals surface area contributed by atoms with Crippen molar-refractivity contribution in [3.63, 3.8) is 0 Å². The van der Waals surface area contributed by atoms with E-state index < -0.39 is 0 Å². The first-order valence-corrected chi connectivity index (χ1v) is 23.2. The van der Waals surface area contributed by atoms with Gasteiger partial charge in [-0.3, -0.25) is 0 Å². The highest BCUT2D eigenvalue weighted by Gasteiger charge is 2.22. The molecule has 0 amide bonds. The fourth-order valence-corrected chi connectivity index (χ4v) is 9.18. The Hall–Kier alpha value is -10.2. The molecule has 0 fully saturated rings. The van der Waals surface area contributed by atoms with Crippen molar-refractivity contribution in [1.82, 2.24) is 29.5 Å². The largest absolute Gasteiger partial charge is 0.308 e. The zero-order valence-electron chi connectivity index (χ0n) is 38.0. The number of hydrogen-bond donors (Lipinski definition) is 0. The molecule has 71 heavy (non-hydrogen) atoms. The minimum Gasteiger partial charge on any atom is -0.308 e. The Labute approximate surface area is 409 Å². The fourth-order valence-electron chi connectivity index (χ4n) is 9.18. The summed E-state index contributed by atoms with van der Waals surface area (Å²) in [4.78, 5) is 26.1. The second kappa shape index (κ2) is 18.2. The smallest absolute Gasteiger partial charge is 0.166 e. The number of benzene rings is 9. The number of aromatic nitrogens is 6. The van der Waals surface area contributed by atoms with Crippen molar-refractivity contribution in [1.29, 1.82) is 10.5 Å². The van der Waals surface area contributed by atoms with Gasteiger partial charge >= 0.3 is 0 Å². The van der Waals surface area contributed by atoms with Crippen LogP contribution in [0, 0.1) is 22.7 Å². The Kier molecular flexibility index (Phi) is 10.8. The van der Waals surface area contributed by atoms with Gasteiger partial charge in [0.1, 0.15) is 0 Å². The van der Waals surface area contributed by atoms with Crippen LogP contribution in [0.5, 0.6) is 0 Å². The van der Waals surface area contributed by atoms with Gasteiger partial charge in [0.2, 0.25) is 0 Å². The lowest BCUT2D eigenvalue weighted by molar-refractivity contribution is 1.06. The van der Waals surface area contributed by atoms with Crippen LogP contribution in [0.1, 0.15) is 11.1 Å². The lowest BCUT2D eigenvalue weighted by Gasteiger charge is -2.17. The molecule has 0 aliphatic carbocycles. The molecule has 0 N–H and O–H groups in total. The zero-order valence-corrected chi connectivity index (χ0v) is 38.0. The van der Waals surface area contributed by atoms with E-state index >= 15 is 0 Å². The topological polar surface area (TPSA) is 117 Å². The fraction of sp³-hybridized carbons (Fsp3) is 0. The number of fused-ring (bicyclic) bond motifs is 3. The molecule has 0 aliphatic heterocycles. The van der Waals surface area contributed by atoms with Gasteiger partial charge < -0.3 is 4.57 Å². The molecule has 12 rings (SSSR count). The third-order valence-corrected chi connectivity index (χ3v) is 12.8. The zero-order chi connectivity index (χ0) is 47.7. The molecule has 8 heteroatoms. The van der Waals surface area contributed by atoms with E-state index in [0.29, 0.717) is 34.4 Å². The molecule has 0 aliphatic rings. The van der Waals surface area contributed by atoms with Gasteiger partial charge in [0.15, 0.2) is 23.3 Å². The highest BCUT2D eigenvalue weighted by molar-refractivity contribution is 6.12. The molecule has 0 saturated heterocycles. The van der Waals surface area contributed by atoms with Crippen molar-refractivity contribution in [3.8, 4) is 108 Å². The Morgan fingerprint density at radius 3 is 1.13 bits per heavy atom. The van der Waals surface area contributed by atoms with E-state index in [0.717, 1.165) is 94.5 Å². The highest BCUT2D eigenvalue weighted by atomic mass is 15.1. The van der Waals surface area contributed by atoms with Gasteiger partial charge in [0.25, 0.3) is 0 Å². The Morgan fingerprint density at radius 2 is 0.676 bits per heavy atom. The van der Waals surface area contributed by atoms with E-state index in [4.69, 9.17) is 24.9 Å². The van der Waals surface area contributed by atoms with Crippen LogP contribution in [0.4, 0.5) is 0 Å². The molecule has 0 bridgehead atoms. The average Bonchev–Trinajstić information content (AvgIpc) is 3.78. The molecule has 0 atom stereocenters. The van der Waals surface area contributed by atoms with E-state index in [1.54, 1.807) is 0 Å². The third kappa shape index (κ3) is 8.14. The van der Waals surface area contributed by atoms with Crippen LogP contribution < -0.4 is 0 Å². The van der Waals surface area contributed by atoms with Gasteiger partial charge in [-0.15, -0.1) is 0 Å². The maximum atomic E-state index is 9.58. The minimum atomic E-state index is 0.494. The second-order valence-corrected chi connectivity index (χ2v) is 17.1. The van der Waals surface area contributed by atoms with Gasteiger partial charge in [-0.05, 0) is 89.0 Å². The van der Waals surface area contributed by atoms with Gasteiger partial charge in [0, 0.05) is 44.2 Å². The second-order valence-electron chi connectivity index (χ2n) is 17.1. The quantitative estimate of drug-likeness (QED) is 0.142. The highest BCUT2D eigenvalue weighted by Crippen LogP contribution is 2.41. The molecule has 330 valence electrons. The van der Waals surface area contributed by atoms with Gasteiger partial charge in [-0.1, -0.05) is 164 Å². The molecule has 9 aromatic carbocycles. The number of nitrogens with zero attached hydrogens (tertiary/aromatic N) is 8. The normalized spacial score (nSPS) is 11.1. The Morgan fingerprint density at radius 1 is 0.296 bits per heavy atom. The van der Waals surface area contributed by atoms with Crippen LogP contribution >= 0.6 is 0 Å². The van der Waals surface area contributed by atoms with Crippen molar-refractivity contribution >= 4 is 21.8 Å². The summed E-state index contributed by atoms with van der Waals surface area (Å²) in [5, 5.41) is 21.2. The van der Waals surface area contributed by atoms with Crippen LogP contribution in [-0.4, -0.2) is 29.5 Å². The summed E-state index contributed by atoms with van der Waals surface area (Å²) < 4.78 is 2.30. The first kappa shape index (κ1) is 42.2. The molecular formula is C63H38N8. The summed E-state index contributed by atoms with van der Waals surface area (Å²) in [7, 11) is 0. The molecule has 0 radical (unpaired) electrons. The molecule has 12 aromatic rings. The summed E-state index contributed by atoms with van der Waals surface area (Å²) >= 11 is 0. The standard InChI is InChI=1S/C63H38N8/c64-39-41-21-25-43(26-22-41)49-29-32-57-52(35-49)53-36-50(44-27-23-42(40-65)24-28-44)30-33-58(53)71(57)59-34-31-51(56-38-55(45-13-5-1-6-14-45)66-60(67-56)46-15-7-2-8-16-46)37-54(59)63-69-61(47-17-9-3-10-18-47)68-62(70-63)48-19-11-4-12-20-48/h1-38H. The van der Waals surface area contributed by atoms with Crippen LogP contribution in [0.15, 0.2) is 231 Å². The van der Waals surface area contributed by atoms with Crippen molar-refractivity contribution in [2.75, 3.05) is 0 Å². The van der Waals surface area contributed by atoms with Crippen molar-refractivity contribution < 1.29 is 0 Å². The van der Waals surface area contributed by atoms with E-state index in [1.165, 1.54) is 0 Å². The summed E-state index contributed by atoms with van der Waals surface area (Å²) in [6, 6.07) is 81.7. The van der Waals surface area contributed by atoms with Gasteiger partial charge in [0.05, 0.1) is 51.4 Å². The summed E-state index contributed by atoms with van der Waals surface area (Å²) in [5.41, 5.74) is 14.9. The van der Waals surface area contributed by atoms with Gasteiger partial charge in [-0.25, -0.2) is 24.9 Å². The first-order valence-electron chi connectivity index (χ1n) is 23.2. The van der Waals surface area contributed by atoms with Gasteiger partial charge in [-0.2, -0.15) is 10.5 Å². The van der Waals surface area contributed by atoms with E-state index in [-0.39, 0.29) is 0 Å². The molecule has 3 heterocycles. The predicted octanol–water partition coefficient (Wildman–Crippen LogP) is 14.8. The molecular weight excluding hydrogens is 869 g/mol. The lowest BCUT2D eigenvalue weighted by atomic mass is 9.99. The number of nitriles is 2. The van der Waals surface area contributed by atoms with Crippen molar-refractivity contribution in [2.24, 2.45) is 0 Å². The maximum Gasteiger partial charge on any atom is 0.166 e. The van der Waals surface area contributed by atoms with E-state index in [2.05, 4.69) is 89.5 Å². The molecule has 0 saturated carbocycles. The summed E-state index contributed by atoms with van der Waals surface area (Å²) in [5.74, 6) is 2.21. The number of rotatable bonds is 9. The Bertz CT molecular complexity index is 3800.